The van der Waals surface area contributed by atoms with Crippen LogP contribution in [0.4, 0.5) is 4.39 Å². The molecule has 1 aromatic heterocycles. The number of aromatic amines is 1. The van der Waals surface area contributed by atoms with Crippen molar-refractivity contribution in [2.24, 2.45) is 0 Å². The molecule has 1 atom stereocenters. The average Bonchev–Trinajstić information content (AvgIpc) is 3.19. The van der Waals surface area contributed by atoms with Crippen molar-refractivity contribution in [2.45, 2.75) is 25.6 Å². The van der Waals surface area contributed by atoms with Gasteiger partial charge in [-0.05, 0) is 35.9 Å². The predicted octanol–water partition coefficient (Wildman–Crippen LogP) is 5.43. The summed E-state index contributed by atoms with van der Waals surface area (Å²) >= 11 is 3.45. The number of carboxylic acids is 1. The molecule has 0 spiro atoms. The van der Waals surface area contributed by atoms with Crippen LogP contribution in [0.1, 0.15) is 16.7 Å². The van der Waals surface area contributed by atoms with E-state index in [4.69, 9.17) is 4.74 Å². The number of para-hydroxylation sites is 1. The van der Waals surface area contributed by atoms with Gasteiger partial charge in [0, 0.05) is 45.7 Å². The first-order chi connectivity index (χ1) is 15.5. The van der Waals surface area contributed by atoms with Crippen LogP contribution in [0.15, 0.2) is 77.4 Å². The molecule has 3 aromatic carbocycles. The van der Waals surface area contributed by atoms with E-state index in [1.165, 1.54) is 6.07 Å². The maximum Gasteiger partial charge on any atom is 0.321 e. The molecule has 0 aliphatic heterocycles. The van der Waals surface area contributed by atoms with Gasteiger partial charge in [0.05, 0.1) is 0 Å². The Bertz CT molecular complexity index is 1240. The van der Waals surface area contributed by atoms with Crippen LogP contribution in [0.3, 0.4) is 0 Å². The van der Waals surface area contributed by atoms with E-state index in [1.54, 1.807) is 24.3 Å². The number of aliphatic carboxylic acids is 1. The molecular formula is C25H22BrFN2O3. The topological polar surface area (TPSA) is 74.3 Å². The van der Waals surface area contributed by atoms with E-state index in [1.807, 2.05) is 42.6 Å². The first-order valence-electron chi connectivity index (χ1n) is 10.2. The lowest BCUT2D eigenvalue weighted by Crippen LogP contribution is -2.38. The summed E-state index contributed by atoms with van der Waals surface area (Å²) in [5, 5.41) is 13.9. The highest BCUT2D eigenvalue weighted by atomic mass is 79.9. The number of carbonyl (C=O) groups is 1. The summed E-state index contributed by atoms with van der Waals surface area (Å²) in [4.78, 5) is 15.1. The number of hydrogen-bond donors (Lipinski definition) is 3. The Kier molecular flexibility index (Phi) is 6.87. The maximum absolute atomic E-state index is 13.9. The minimum absolute atomic E-state index is 0.0823. The van der Waals surface area contributed by atoms with Crippen LogP contribution < -0.4 is 10.1 Å². The summed E-state index contributed by atoms with van der Waals surface area (Å²) in [5.74, 6) is -0.687. The van der Waals surface area contributed by atoms with E-state index in [0.29, 0.717) is 17.7 Å². The Labute approximate surface area is 193 Å². The lowest BCUT2D eigenvalue weighted by Gasteiger charge is -2.17. The van der Waals surface area contributed by atoms with Gasteiger partial charge in [0.1, 0.15) is 24.2 Å². The van der Waals surface area contributed by atoms with Gasteiger partial charge in [-0.15, -0.1) is 0 Å². The zero-order chi connectivity index (χ0) is 22.5. The number of H-pyrrole nitrogens is 1. The third-order valence-electron chi connectivity index (χ3n) is 5.30. The van der Waals surface area contributed by atoms with Gasteiger partial charge in [-0.1, -0.05) is 52.3 Å². The molecule has 0 amide bonds. The lowest BCUT2D eigenvalue weighted by atomic mass is 10.0. The summed E-state index contributed by atoms with van der Waals surface area (Å²) in [5.41, 5.74) is 3.14. The summed E-state index contributed by atoms with van der Waals surface area (Å²) < 4.78 is 20.6. The van der Waals surface area contributed by atoms with Crippen molar-refractivity contribution in [2.75, 3.05) is 0 Å². The molecule has 5 nitrogen and oxygen atoms in total. The summed E-state index contributed by atoms with van der Waals surface area (Å²) in [7, 11) is 0. The average molecular weight is 497 g/mol. The standard InChI is InChI=1S/C25H22BrFN2O3/c26-19-9-10-24(32-15-16-5-1-3-7-21(16)27)18(11-19)14-29-23(25(30)31)12-17-13-28-22-8-4-2-6-20(17)22/h1-11,13,23,28-29H,12,14-15H2,(H,30,31). The van der Waals surface area contributed by atoms with Gasteiger partial charge in [0.2, 0.25) is 0 Å². The minimum atomic E-state index is -0.931. The van der Waals surface area contributed by atoms with Crippen LogP contribution in [-0.2, 0) is 24.4 Å². The van der Waals surface area contributed by atoms with Crippen LogP contribution in [0, 0.1) is 5.82 Å². The number of rotatable bonds is 9. The van der Waals surface area contributed by atoms with Crippen LogP contribution >= 0.6 is 15.9 Å². The zero-order valence-electron chi connectivity index (χ0n) is 17.1. The second-order valence-corrected chi connectivity index (χ2v) is 8.38. The largest absolute Gasteiger partial charge is 0.488 e. The molecule has 7 heteroatoms. The Morgan fingerprint density at radius 2 is 1.84 bits per heavy atom. The number of carboxylic acid groups (broad SMARTS) is 1. The first-order valence-corrected chi connectivity index (χ1v) is 11.0. The molecule has 0 aliphatic rings. The van der Waals surface area contributed by atoms with Crippen LogP contribution in [0.5, 0.6) is 5.75 Å². The Balaban J connectivity index is 1.48. The second kappa shape index (κ2) is 9.97. The van der Waals surface area contributed by atoms with Gasteiger partial charge < -0.3 is 14.8 Å². The molecule has 0 aliphatic carbocycles. The number of halogens is 2. The molecule has 0 fully saturated rings. The van der Waals surface area contributed by atoms with Crippen molar-refractivity contribution in [1.82, 2.24) is 10.3 Å². The van der Waals surface area contributed by atoms with Gasteiger partial charge in [-0.2, -0.15) is 0 Å². The molecule has 1 unspecified atom stereocenters. The molecule has 4 aromatic rings. The zero-order valence-corrected chi connectivity index (χ0v) is 18.7. The van der Waals surface area contributed by atoms with Crippen LogP contribution in [0.25, 0.3) is 10.9 Å². The van der Waals surface area contributed by atoms with Crippen molar-refractivity contribution in [3.63, 3.8) is 0 Å². The van der Waals surface area contributed by atoms with E-state index < -0.39 is 12.0 Å². The molecule has 32 heavy (non-hydrogen) atoms. The molecule has 0 saturated carbocycles. The summed E-state index contributed by atoms with van der Waals surface area (Å²) in [6.45, 7) is 0.365. The normalized spacial score (nSPS) is 12.1. The highest BCUT2D eigenvalue weighted by Crippen LogP contribution is 2.25. The van der Waals surface area contributed by atoms with E-state index in [2.05, 4.69) is 26.2 Å². The molecule has 4 rings (SSSR count). The summed E-state index contributed by atoms with van der Waals surface area (Å²) in [6, 6.07) is 19.0. The van der Waals surface area contributed by atoms with Crippen molar-refractivity contribution in [1.29, 1.82) is 0 Å². The van der Waals surface area contributed by atoms with Crippen molar-refractivity contribution in [3.05, 3.63) is 99.9 Å². The van der Waals surface area contributed by atoms with E-state index in [-0.39, 0.29) is 19.0 Å². The molecule has 0 radical (unpaired) electrons. The molecule has 3 N–H and O–H groups in total. The van der Waals surface area contributed by atoms with E-state index in [0.717, 1.165) is 26.5 Å². The summed E-state index contributed by atoms with van der Waals surface area (Å²) in [6.07, 6.45) is 2.18. The highest BCUT2D eigenvalue weighted by Gasteiger charge is 2.20. The fourth-order valence-corrected chi connectivity index (χ4v) is 4.01. The van der Waals surface area contributed by atoms with E-state index >= 15 is 0 Å². The Morgan fingerprint density at radius 1 is 1.06 bits per heavy atom. The fourth-order valence-electron chi connectivity index (χ4n) is 3.60. The quantitative estimate of drug-likeness (QED) is 0.288. The monoisotopic (exact) mass is 496 g/mol. The predicted molar refractivity (Wildman–Crippen MR) is 125 cm³/mol. The minimum Gasteiger partial charge on any atom is -0.488 e. The first kappa shape index (κ1) is 22.0. The van der Waals surface area contributed by atoms with Crippen molar-refractivity contribution < 1.29 is 19.0 Å². The molecular weight excluding hydrogens is 475 g/mol. The smallest absolute Gasteiger partial charge is 0.321 e. The number of aromatic nitrogens is 1. The third kappa shape index (κ3) is 5.18. The van der Waals surface area contributed by atoms with Gasteiger partial charge >= 0.3 is 5.97 Å². The second-order valence-electron chi connectivity index (χ2n) is 7.47. The number of fused-ring (bicyclic) bond motifs is 1. The molecule has 0 saturated heterocycles. The molecule has 164 valence electrons. The SMILES string of the molecule is O=C(O)C(Cc1c[nH]c2ccccc12)NCc1cc(Br)ccc1OCc1ccccc1F. The third-order valence-corrected chi connectivity index (χ3v) is 5.79. The van der Waals surface area contributed by atoms with Crippen LogP contribution in [-0.4, -0.2) is 22.1 Å². The van der Waals surface area contributed by atoms with Gasteiger partial charge in [0.25, 0.3) is 0 Å². The highest BCUT2D eigenvalue weighted by molar-refractivity contribution is 9.10. The number of hydrogen-bond acceptors (Lipinski definition) is 3. The van der Waals surface area contributed by atoms with Crippen LogP contribution in [0.2, 0.25) is 0 Å². The van der Waals surface area contributed by atoms with Crippen molar-refractivity contribution >= 4 is 32.8 Å². The number of benzene rings is 3. The van der Waals surface area contributed by atoms with Gasteiger partial charge in [-0.25, -0.2) is 4.39 Å². The molecule has 1 heterocycles. The van der Waals surface area contributed by atoms with E-state index in [9.17, 15) is 14.3 Å². The van der Waals surface area contributed by atoms with Gasteiger partial charge in [-0.3, -0.25) is 10.1 Å². The number of nitrogens with one attached hydrogen (secondary N) is 2. The Morgan fingerprint density at radius 3 is 2.66 bits per heavy atom. The number of ether oxygens (including phenoxy) is 1. The lowest BCUT2D eigenvalue weighted by molar-refractivity contribution is -0.139. The Hall–Kier alpha value is -3.16. The van der Waals surface area contributed by atoms with Crippen molar-refractivity contribution in [3.8, 4) is 5.75 Å². The fraction of sp³-hybridized carbons (Fsp3) is 0.160. The molecule has 0 bridgehead atoms. The van der Waals surface area contributed by atoms with Gasteiger partial charge in [0.15, 0.2) is 0 Å². The maximum atomic E-state index is 13.9.